The van der Waals surface area contributed by atoms with Gasteiger partial charge in [-0.1, -0.05) is 6.07 Å². The second-order valence-corrected chi connectivity index (χ2v) is 9.54. The molecule has 1 fully saturated rings. The summed E-state index contributed by atoms with van der Waals surface area (Å²) in [6.45, 7) is 3.35. The molecule has 1 aliphatic heterocycles. The fourth-order valence-electron chi connectivity index (χ4n) is 4.93. The van der Waals surface area contributed by atoms with E-state index in [0.29, 0.717) is 28.4 Å². The molecule has 0 atom stereocenters. The summed E-state index contributed by atoms with van der Waals surface area (Å²) in [5, 5.41) is 0. The highest BCUT2D eigenvalue weighted by Crippen LogP contribution is 2.45. The number of nitrogens with one attached hydrogen (secondary N) is 1. The van der Waals surface area contributed by atoms with Crippen LogP contribution in [0.25, 0.3) is 33.5 Å². The number of ether oxygens (including phenoxy) is 1. The van der Waals surface area contributed by atoms with Crippen LogP contribution in [-0.4, -0.2) is 55.3 Å². The van der Waals surface area contributed by atoms with Crippen molar-refractivity contribution in [3.8, 4) is 28.3 Å². The molecule has 0 amide bonds. The van der Waals surface area contributed by atoms with Gasteiger partial charge in [0.25, 0.3) is 0 Å². The maximum absolute atomic E-state index is 14.5. The van der Waals surface area contributed by atoms with Crippen LogP contribution >= 0.6 is 0 Å². The van der Waals surface area contributed by atoms with Gasteiger partial charge in [-0.2, -0.15) is 0 Å². The molecule has 0 bridgehead atoms. The lowest BCUT2D eigenvalue weighted by atomic mass is 9.96. The van der Waals surface area contributed by atoms with E-state index in [4.69, 9.17) is 20.4 Å². The second-order valence-electron chi connectivity index (χ2n) is 9.54. The summed E-state index contributed by atoms with van der Waals surface area (Å²) in [4.78, 5) is 17.1. The number of aromatic nitrogens is 3. The minimum atomic E-state index is -0.422. The van der Waals surface area contributed by atoms with Crippen molar-refractivity contribution in [3.05, 3.63) is 53.7 Å². The van der Waals surface area contributed by atoms with Gasteiger partial charge in [-0.25, -0.2) is 18.7 Å². The molecule has 36 heavy (non-hydrogen) atoms. The molecule has 4 aromatic rings. The number of halogens is 2. The molecule has 1 saturated heterocycles. The first-order valence-corrected chi connectivity index (χ1v) is 12.0. The summed E-state index contributed by atoms with van der Waals surface area (Å²) in [7, 11) is 5.32. The number of nitrogens with two attached hydrogens (primary N) is 1. The van der Waals surface area contributed by atoms with Gasteiger partial charge < -0.3 is 25.3 Å². The number of hydrogen-bond acceptors (Lipinski definition) is 6. The highest BCUT2D eigenvalue weighted by Gasteiger charge is 2.28. The van der Waals surface area contributed by atoms with Crippen LogP contribution in [0.5, 0.6) is 5.75 Å². The lowest BCUT2D eigenvalue weighted by molar-refractivity contribution is 0.416. The lowest BCUT2D eigenvalue weighted by Crippen LogP contribution is -2.40. The molecule has 0 radical (unpaired) electrons. The minimum absolute atomic E-state index is 0.137. The largest absolute Gasteiger partial charge is 0.494 e. The molecular formula is C27H30F2N6O. The van der Waals surface area contributed by atoms with Gasteiger partial charge in [0.15, 0.2) is 0 Å². The molecule has 2 aromatic carbocycles. The minimum Gasteiger partial charge on any atom is -0.494 e. The number of pyridine rings is 1. The Bertz CT molecular complexity index is 1410. The van der Waals surface area contributed by atoms with Gasteiger partial charge in [0.05, 0.1) is 23.9 Å². The standard InChI is InChI=1S/C27H30F2N6O/c1-15-9-16(11-17(28)10-15)20-14-31-27(34(2)3)23(25(20)35-7-5-19(30)6-8-35)26-32-21-12-18(29)13-22(36-4)24(21)33-26/h9-14,19H,5-8,30H2,1-4H3,(H,32,33). The normalized spacial score (nSPS) is 14.5. The SMILES string of the molecule is COc1cc(F)cc2[nH]c(-c3c(N(C)C)ncc(-c4cc(C)cc(F)c4)c3N3CCC(N)CC3)nc12. The van der Waals surface area contributed by atoms with Gasteiger partial charge in [0.1, 0.15) is 34.5 Å². The molecule has 0 spiro atoms. The molecule has 5 rings (SSSR count). The van der Waals surface area contributed by atoms with E-state index >= 15 is 0 Å². The summed E-state index contributed by atoms with van der Waals surface area (Å²) >= 11 is 0. The Morgan fingerprint density at radius 3 is 2.47 bits per heavy atom. The molecule has 188 valence electrons. The zero-order chi connectivity index (χ0) is 25.6. The fourth-order valence-corrected chi connectivity index (χ4v) is 4.93. The van der Waals surface area contributed by atoms with Crippen LogP contribution < -0.4 is 20.3 Å². The second kappa shape index (κ2) is 9.39. The molecule has 2 aromatic heterocycles. The predicted octanol–water partition coefficient (Wildman–Crippen LogP) is 4.88. The topological polar surface area (TPSA) is 83.3 Å². The number of methoxy groups -OCH3 is 1. The maximum atomic E-state index is 14.5. The Morgan fingerprint density at radius 2 is 1.81 bits per heavy atom. The number of piperidine rings is 1. The third-order valence-electron chi connectivity index (χ3n) is 6.64. The van der Waals surface area contributed by atoms with Gasteiger partial charge >= 0.3 is 0 Å². The zero-order valence-electron chi connectivity index (χ0n) is 20.9. The number of rotatable bonds is 5. The third kappa shape index (κ3) is 4.35. The predicted molar refractivity (Wildman–Crippen MR) is 140 cm³/mol. The Balaban J connectivity index is 1.83. The molecule has 3 N–H and O–H groups in total. The van der Waals surface area contributed by atoms with Crippen LogP contribution in [0.15, 0.2) is 36.5 Å². The summed E-state index contributed by atoms with van der Waals surface area (Å²) in [5.74, 6) is 0.836. The van der Waals surface area contributed by atoms with Crippen LogP contribution in [0, 0.1) is 18.6 Å². The van der Waals surface area contributed by atoms with Gasteiger partial charge in [0, 0.05) is 51.1 Å². The number of fused-ring (bicyclic) bond motifs is 1. The summed E-state index contributed by atoms with van der Waals surface area (Å²) < 4.78 is 34.2. The number of benzene rings is 2. The molecular weight excluding hydrogens is 462 g/mol. The highest BCUT2D eigenvalue weighted by molar-refractivity contribution is 5.97. The average Bonchev–Trinajstić information content (AvgIpc) is 3.26. The number of aryl methyl sites for hydroxylation is 1. The molecule has 3 heterocycles. The molecule has 0 aliphatic carbocycles. The van der Waals surface area contributed by atoms with E-state index in [-0.39, 0.29) is 11.9 Å². The Kier molecular flexibility index (Phi) is 6.26. The molecule has 0 unspecified atom stereocenters. The van der Waals surface area contributed by atoms with Crippen molar-refractivity contribution in [1.29, 1.82) is 0 Å². The molecule has 0 saturated carbocycles. The van der Waals surface area contributed by atoms with Crippen molar-refractivity contribution >= 4 is 22.5 Å². The number of nitrogens with zero attached hydrogens (tertiary/aromatic N) is 4. The Labute approximate surface area is 208 Å². The number of anilines is 2. The van der Waals surface area contributed by atoms with Crippen LogP contribution in [0.3, 0.4) is 0 Å². The molecule has 7 nitrogen and oxygen atoms in total. The average molecular weight is 493 g/mol. The summed E-state index contributed by atoms with van der Waals surface area (Å²) in [6.07, 6.45) is 3.46. The van der Waals surface area contributed by atoms with Crippen molar-refractivity contribution in [2.45, 2.75) is 25.8 Å². The van der Waals surface area contributed by atoms with E-state index in [0.717, 1.165) is 53.9 Å². The molecule has 9 heteroatoms. The first-order chi connectivity index (χ1) is 17.2. The van der Waals surface area contributed by atoms with Crippen molar-refractivity contribution in [1.82, 2.24) is 15.0 Å². The van der Waals surface area contributed by atoms with Crippen molar-refractivity contribution in [3.63, 3.8) is 0 Å². The van der Waals surface area contributed by atoms with E-state index in [1.165, 1.54) is 31.4 Å². The van der Waals surface area contributed by atoms with Crippen LogP contribution in [0.2, 0.25) is 0 Å². The quantitative estimate of drug-likeness (QED) is 0.413. The summed E-state index contributed by atoms with van der Waals surface area (Å²) in [6, 6.07) is 7.84. The van der Waals surface area contributed by atoms with Gasteiger partial charge in [-0.15, -0.1) is 0 Å². The van der Waals surface area contributed by atoms with Gasteiger partial charge in [-0.05, 0) is 49.1 Å². The van der Waals surface area contributed by atoms with Crippen LogP contribution in [0.1, 0.15) is 18.4 Å². The number of H-pyrrole nitrogens is 1. The van der Waals surface area contributed by atoms with E-state index in [1.807, 2.05) is 32.0 Å². The Hall–Kier alpha value is -3.72. The van der Waals surface area contributed by atoms with Crippen LogP contribution in [-0.2, 0) is 0 Å². The first kappa shape index (κ1) is 24.0. The van der Waals surface area contributed by atoms with E-state index in [2.05, 4.69) is 9.88 Å². The number of aromatic amines is 1. The number of imidazole rings is 1. The lowest BCUT2D eigenvalue weighted by Gasteiger charge is -2.35. The molecule has 1 aliphatic rings. The third-order valence-corrected chi connectivity index (χ3v) is 6.64. The highest BCUT2D eigenvalue weighted by atomic mass is 19.1. The monoisotopic (exact) mass is 492 g/mol. The number of hydrogen-bond donors (Lipinski definition) is 2. The summed E-state index contributed by atoms with van der Waals surface area (Å²) in [5.41, 5.74) is 11.3. The smallest absolute Gasteiger partial charge is 0.149 e. The Morgan fingerprint density at radius 1 is 1.08 bits per heavy atom. The van der Waals surface area contributed by atoms with Crippen molar-refractivity contribution in [2.75, 3.05) is 44.1 Å². The van der Waals surface area contributed by atoms with E-state index in [9.17, 15) is 8.78 Å². The van der Waals surface area contributed by atoms with E-state index < -0.39 is 5.82 Å². The zero-order valence-corrected chi connectivity index (χ0v) is 20.9. The maximum Gasteiger partial charge on any atom is 0.149 e. The van der Waals surface area contributed by atoms with Gasteiger partial charge in [0.2, 0.25) is 0 Å². The first-order valence-electron chi connectivity index (χ1n) is 12.0. The van der Waals surface area contributed by atoms with Crippen molar-refractivity contribution in [2.24, 2.45) is 5.73 Å². The fraction of sp³-hybridized carbons (Fsp3) is 0.333. The van der Waals surface area contributed by atoms with Crippen LogP contribution in [0.4, 0.5) is 20.3 Å². The van der Waals surface area contributed by atoms with Crippen molar-refractivity contribution < 1.29 is 13.5 Å². The van der Waals surface area contributed by atoms with Gasteiger partial charge in [-0.3, -0.25) is 0 Å². The van der Waals surface area contributed by atoms with E-state index in [1.54, 1.807) is 6.20 Å².